The number of hydrogen-bond acceptors (Lipinski definition) is 3. The first-order valence-electron chi connectivity index (χ1n) is 6.64. The lowest BCUT2D eigenvalue weighted by Gasteiger charge is -2.23. The molecule has 0 spiro atoms. The summed E-state index contributed by atoms with van der Waals surface area (Å²) >= 11 is 3.46. The van der Waals surface area contributed by atoms with Gasteiger partial charge in [0.2, 0.25) is 0 Å². The van der Waals surface area contributed by atoms with E-state index < -0.39 is 6.09 Å². The Kier molecular flexibility index (Phi) is 4.00. The van der Waals surface area contributed by atoms with Crippen molar-refractivity contribution in [3.63, 3.8) is 0 Å². The lowest BCUT2D eigenvalue weighted by Crippen LogP contribution is -2.30. The average molecular weight is 341 g/mol. The van der Waals surface area contributed by atoms with Crippen LogP contribution in [0, 0.1) is 20.8 Å². The zero-order chi connectivity index (χ0) is 15.1. The van der Waals surface area contributed by atoms with E-state index in [4.69, 9.17) is 4.74 Å². The van der Waals surface area contributed by atoms with Gasteiger partial charge in [0.1, 0.15) is 17.4 Å². The molecule has 4 nitrogen and oxygen atoms in total. The molecule has 1 amide bonds. The first-order valence-corrected chi connectivity index (χ1v) is 7.77. The number of carbonyl (C=O) groups is 1. The molecule has 1 aliphatic rings. The van der Waals surface area contributed by atoms with Crippen LogP contribution in [-0.4, -0.2) is 17.0 Å². The zero-order valence-corrected chi connectivity index (χ0v) is 13.8. The lowest BCUT2D eigenvalue weighted by molar-refractivity contribution is -0.242. The largest absolute Gasteiger partial charge is 0.530 e. The first kappa shape index (κ1) is 15.2. The third kappa shape index (κ3) is 2.51. The van der Waals surface area contributed by atoms with Crippen LogP contribution < -0.4 is 15.2 Å². The van der Waals surface area contributed by atoms with Crippen LogP contribution in [0.15, 0.2) is 0 Å². The molecular formula is C15H19BrNO3-. The van der Waals surface area contributed by atoms with Crippen molar-refractivity contribution in [3.8, 4) is 5.75 Å². The van der Waals surface area contributed by atoms with E-state index in [0.29, 0.717) is 5.69 Å². The van der Waals surface area contributed by atoms with Gasteiger partial charge in [-0.1, -0.05) is 15.9 Å². The fraction of sp³-hybridized carbons (Fsp3) is 0.533. The number of alkyl halides is 1. The van der Waals surface area contributed by atoms with E-state index in [-0.39, 0.29) is 5.60 Å². The quantitative estimate of drug-likeness (QED) is 0.860. The summed E-state index contributed by atoms with van der Waals surface area (Å²) in [6.45, 7) is 7.89. The molecule has 0 fully saturated rings. The number of ether oxygens (including phenoxy) is 1. The Balaban J connectivity index is 2.52. The molecule has 0 bridgehead atoms. The van der Waals surface area contributed by atoms with Crippen molar-refractivity contribution in [2.75, 3.05) is 10.6 Å². The van der Waals surface area contributed by atoms with Crippen molar-refractivity contribution in [2.24, 2.45) is 0 Å². The van der Waals surface area contributed by atoms with Crippen LogP contribution in [0.2, 0.25) is 0 Å². The first-order chi connectivity index (χ1) is 9.29. The number of benzene rings is 1. The van der Waals surface area contributed by atoms with E-state index in [0.717, 1.165) is 46.2 Å². The predicted octanol–water partition coefficient (Wildman–Crippen LogP) is 2.85. The summed E-state index contributed by atoms with van der Waals surface area (Å²) in [6.07, 6.45) is 0.420. The normalized spacial score (nSPS) is 20.4. The number of anilines is 1. The van der Waals surface area contributed by atoms with Gasteiger partial charge in [-0.05, 0) is 50.8 Å². The summed E-state index contributed by atoms with van der Waals surface area (Å²) in [5.74, 6) is 0.910. The Morgan fingerprint density at radius 2 is 2.00 bits per heavy atom. The van der Waals surface area contributed by atoms with Crippen LogP contribution >= 0.6 is 15.9 Å². The summed E-state index contributed by atoms with van der Waals surface area (Å²) in [4.78, 5) is 10.9. The second kappa shape index (κ2) is 5.28. The molecule has 1 heterocycles. The molecule has 20 heavy (non-hydrogen) atoms. The topological polar surface area (TPSA) is 61.4 Å². The molecule has 2 rings (SSSR count). The fourth-order valence-corrected chi connectivity index (χ4v) is 3.66. The lowest BCUT2D eigenvalue weighted by atomic mass is 9.91. The van der Waals surface area contributed by atoms with Gasteiger partial charge in [-0.25, -0.2) is 0 Å². The third-order valence-electron chi connectivity index (χ3n) is 4.13. The van der Waals surface area contributed by atoms with Gasteiger partial charge in [0, 0.05) is 23.0 Å². The smallest absolute Gasteiger partial charge is 0.138 e. The molecule has 0 aliphatic carbocycles. The molecule has 0 saturated heterocycles. The van der Waals surface area contributed by atoms with Gasteiger partial charge in [0.05, 0.1) is 0 Å². The SMILES string of the molecule is Cc1c(C)c2c(c(C)c1NC(=O)[O-])CC(C)(CCBr)O2. The van der Waals surface area contributed by atoms with Crippen LogP contribution in [0.3, 0.4) is 0 Å². The molecule has 1 unspecified atom stereocenters. The molecule has 0 aromatic heterocycles. The van der Waals surface area contributed by atoms with Crippen molar-refractivity contribution in [3.05, 3.63) is 22.3 Å². The molecular weight excluding hydrogens is 322 g/mol. The Morgan fingerprint density at radius 1 is 1.35 bits per heavy atom. The number of halogens is 1. The molecule has 0 radical (unpaired) electrons. The van der Waals surface area contributed by atoms with E-state index in [1.807, 2.05) is 20.8 Å². The summed E-state index contributed by atoms with van der Waals surface area (Å²) in [7, 11) is 0. The Hall–Kier alpha value is -1.23. The predicted molar refractivity (Wildman–Crippen MR) is 80.8 cm³/mol. The number of carboxylic acid groups (broad SMARTS) is 1. The van der Waals surface area contributed by atoms with Gasteiger partial charge in [0.25, 0.3) is 0 Å². The van der Waals surface area contributed by atoms with Crippen molar-refractivity contribution < 1.29 is 14.6 Å². The zero-order valence-electron chi connectivity index (χ0n) is 12.2. The van der Waals surface area contributed by atoms with Crippen molar-refractivity contribution in [1.82, 2.24) is 0 Å². The van der Waals surface area contributed by atoms with E-state index >= 15 is 0 Å². The number of nitrogens with one attached hydrogen (secondary N) is 1. The van der Waals surface area contributed by atoms with Crippen molar-refractivity contribution in [2.45, 2.75) is 46.1 Å². The highest BCUT2D eigenvalue weighted by Gasteiger charge is 2.37. The number of rotatable bonds is 3. The Bertz CT molecular complexity index is 571. The maximum Gasteiger partial charge on any atom is 0.138 e. The van der Waals surface area contributed by atoms with E-state index in [9.17, 15) is 9.90 Å². The van der Waals surface area contributed by atoms with Crippen molar-refractivity contribution >= 4 is 27.7 Å². The third-order valence-corrected chi connectivity index (χ3v) is 4.53. The number of carbonyl (C=O) groups excluding carboxylic acids is 1. The standard InChI is InChI=1S/C15H20BrNO3/c1-8-9(2)13-11(7-15(4,20-13)5-6-16)10(3)12(8)17-14(18)19/h17H,5-7H2,1-4H3,(H,18,19)/p-1. The molecule has 1 N–H and O–H groups in total. The molecule has 1 atom stereocenters. The minimum Gasteiger partial charge on any atom is -0.530 e. The van der Waals surface area contributed by atoms with Gasteiger partial charge >= 0.3 is 0 Å². The maximum atomic E-state index is 10.9. The number of fused-ring (bicyclic) bond motifs is 1. The average Bonchev–Trinajstić information content (AvgIpc) is 2.70. The molecule has 1 aliphatic heterocycles. The minimum atomic E-state index is -1.28. The molecule has 1 aromatic rings. The Labute approximate surface area is 127 Å². The van der Waals surface area contributed by atoms with E-state index in [1.54, 1.807) is 0 Å². The Morgan fingerprint density at radius 3 is 2.55 bits per heavy atom. The van der Waals surface area contributed by atoms with Crippen molar-refractivity contribution in [1.29, 1.82) is 0 Å². The molecule has 0 saturated carbocycles. The summed E-state index contributed by atoms with van der Waals surface area (Å²) in [5, 5.41) is 14.1. The summed E-state index contributed by atoms with van der Waals surface area (Å²) in [6, 6.07) is 0. The summed E-state index contributed by atoms with van der Waals surface area (Å²) < 4.78 is 6.17. The monoisotopic (exact) mass is 340 g/mol. The highest BCUT2D eigenvalue weighted by molar-refractivity contribution is 9.09. The number of hydrogen-bond donors (Lipinski definition) is 1. The van der Waals surface area contributed by atoms with Crippen LogP contribution in [-0.2, 0) is 6.42 Å². The van der Waals surface area contributed by atoms with Gasteiger partial charge in [-0.3, -0.25) is 0 Å². The van der Waals surface area contributed by atoms with Gasteiger partial charge in [-0.15, -0.1) is 0 Å². The molecule has 5 heteroatoms. The second-order valence-corrected chi connectivity index (χ2v) is 6.43. The number of amides is 1. The van der Waals surface area contributed by atoms with Crippen LogP contribution in [0.5, 0.6) is 5.75 Å². The fourth-order valence-electron chi connectivity index (χ4n) is 2.82. The van der Waals surface area contributed by atoms with Gasteiger partial charge in [0.15, 0.2) is 0 Å². The second-order valence-electron chi connectivity index (χ2n) is 5.64. The highest BCUT2D eigenvalue weighted by Crippen LogP contribution is 2.45. The summed E-state index contributed by atoms with van der Waals surface area (Å²) in [5.41, 5.74) is 4.33. The minimum absolute atomic E-state index is 0.228. The van der Waals surface area contributed by atoms with Crippen LogP contribution in [0.1, 0.15) is 35.6 Å². The van der Waals surface area contributed by atoms with E-state index in [2.05, 4.69) is 28.2 Å². The molecule has 1 aromatic carbocycles. The maximum absolute atomic E-state index is 10.9. The van der Waals surface area contributed by atoms with Crippen LogP contribution in [0.25, 0.3) is 0 Å². The van der Waals surface area contributed by atoms with Crippen LogP contribution in [0.4, 0.5) is 10.5 Å². The van der Waals surface area contributed by atoms with Gasteiger partial charge < -0.3 is 20.0 Å². The molecule has 110 valence electrons. The van der Waals surface area contributed by atoms with Gasteiger partial charge in [-0.2, -0.15) is 0 Å². The highest BCUT2D eigenvalue weighted by atomic mass is 79.9. The van der Waals surface area contributed by atoms with E-state index in [1.165, 1.54) is 0 Å².